The van der Waals surface area contributed by atoms with E-state index in [1.807, 2.05) is 57.2 Å². The number of imide groups is 1. The van der Waals surface area contributed by atoms with Gasteiger partial charge in [-0.05, 0) is 67.8 Å². The quantitative estimate of drug-likeness (QED) is 0.480. The number of hydrogen-bond acceptors (Lipinski definition) is 4. The van der Waals surface area contributed by atoms with E-state index in [0.717, 1.165) is 22.4 Å². The summed E-state index contributed by atoms with van der Waals surface area (Å²) >= 11 is 0. The van der Waals surface area contributed by atoms with Crippen LogP contribution in [-0.2, 0) is 9.59 Å². The molecule has 0 saturated heterocycles. The van der Waals surface area contributed by atoms with E-state index >= 15 is 0 Å². The summed E-state index contributed by atoms with van der Waals surface area (Å²) in [5.41, 5.74) is 3.99. The number of ether oxygens (including phenoxy) is 1. The van der Waals surface area contributed by atoms with E-state index in [-0.39, 0.29) is 11.3 Å². The predicted octanol–water partition coefficient (Wildman–Crippen LogP) is 5.63. The third kappa shape index (κ3) is 4.51. The molecule has 0 spiro atoms. The molecule has 0 bridgehead atoms. The maximum absolute atomic E-state index is 13.5. The molecule has 1 aliphatic heterocycles. The minimum absolute atomic E-state index is 0.170. The smallest absolute Gasteiger partial charge is 0.282 e. The maximum Gasteiger partial charge on any atom is 0.282 e. The predicted molar refractivity (Wildman–Crippen MR) is 128 cm³/mol. The second kappa shape index (κ2) is 9.28. The molecule has 1 aliphatic rings. The molecule has 0 aromatic heterocycles. The Hall–Kier alpha value is -3.93. The Morgan fingerprint density at radius 2 is 1.70 bits per heavy atom. The summed E-state index contributed by atoms with van der Waals surface area (Å²) in [4.78, 5) is 28.1. The van der Waals surface area contributed by atoms with Crippen molar-refractivity contribution >= 4 is 28.8 Å². The van der Waals surface area contributed by atoms with Crippen molar-refractivity contribution in [1.29, 1.82) is 0 Å². The van der Waals surface area contributed by atoms with Gasteiger partial charge < -0.3 is 10.1 Å². The molecular weight excluding hydrogens is 419 g/mol. The van der Waals surface area contributed by atoms with Gasteiger partial charge >= 0.3 is 0 Å². The summed E-state index contributed by atoms with van der Waals surface area (Å²) in [6, 6.07) is 18.3. The molecule has 1 N–H and O–H groups in total. The Morgan fingerprint density at radius 3 is 2.39 bits per heavy atom. The van der Waals surface area contributed by atoms with E-state index in [4.69, 9.17) is 4.74 Å². The minimum atomic E-state index is -0.499. The maximum atomic E-state index is 13.5. The van der Waals surface area contributed by atoms with E-state index in [2.05, 4.69) is 5.32 Å². The van der Waals surface area contributed by atoms with Crippen LogP contribution >= 0.6 is 0 Å². The van der Waals surface area contributed by atoms with Crippen molar-refractivity contribution in [3.05, 3.63) is 94.9 Å². The lowest BCUT2D eigenvalue weighted by Gasteiger charge is -2.15. The number of anilines is 2. The third-order valence-electron chi connectivity index (χ3n) is 5.40. The average molecular weight is 445 g/mol. The number of benzene rings is 3. The van der Waals surface area contributed by atoms with E-state index < -0.39 is 17.6 Å². The van der Waals surface area contributed by atoms with E-state index in [0.29, 0.717) is 29.3 Å². The van der Waals surface area contributed by atoms with Crippen molar-refractivity contribution in [2.45, 2.75) is 27.2 Å². The van der Waals surface area contributed by atoms with Gasteiger partial charge in [0.2, 0.25) is 0 Å². The fraction of sp³-hybridized carbons (Fsp3) is 0.185. The van der Waals surface area contributed by atoms with Crippen molar-refractivity contribution in [3.63, 3.8) is 0 Å². The molecule has 33 heavy (non-hydrogen) atoms. The molecule has 4 rings (SSSR count). The van der Waals surface area contributed by atoms with Gasteiger partial charge in [0.25, 0.3) is 11.8 Å². The van der Waals surface area contributed by atoms with E-state index in [1.54, 1.807) is 6.07 Å². The molecule has 0 radical (unpaired) electrons. The first-order valence-corrected chi connectivity index (χ1v) is 10.8. The molecule has 6 heteroatoms. The fourth-order valence-corrected chi connectivity index (χ4v) is 3.84. The molecular formula is C27H25FN2O3. The topological polar surface area (TPSA) is 58.6 Å². The highest BCUT2D eigenvalue weighted by Crippen LogP contribution is 2.35. The van der Waals surface area contributed by atoms with Gasteiger partial charge in [-0.1, -0.05) is 36.8 Å². The van der Waals surface area contributed by atoms with Crippen LogP contribution in [0.3, 0.4) is 0 Å². The van der Waals surface area contributed by atoms with Gasteiger partial charge in [-0.3, -0.25) is 9.59 Å². The molecule has 168 valence electrons. The Bertz CT molecular complexity index is 1250. The highest BCUT2D eigenvalue weighted by Gasteiger charge is 2.40. The number of carbonyl (C=O) groups excluding carboxylic acids is 2. The number of rotatable bonds is 7. The summed E-state index contributed by atoms with van der Waals surface area (Å²) in [6.45, 7) is 6.48. The SMILES string of the molecule is CCCOc1cccc(NC2=C(c3ccc(C)cc3C)C(=O)N(c3ccc(F)cc3)C2=O)c1. The molecule has 2 amide bonds. The van der Waals surface area contributed by atoms with Crippen LogP contribution in [0.15, 0.2) is 72.4 Å². The van der Waals surface area contributed by atoms with Crippen molar-refractivity contribution in [2.24, 2.45) is 0 Å². The second-order valence-electron chi connectivity index (χ2n) is 7.99. The van der Waals surface area contributed by atoms with E-state index in [9.17, 15) is 14.0 Å². The second-order valence-corrected chi connectivity index (χ2v) is 7.99. The largest absolute Gasteiger partial charge is 0.494 e. The monoisotopic (exact) mass is 444 g/mol. The summed E-state index contributed by atoms with van der Waals surface area (Å²) in [5, 5.41) is 3.15. The van der Waals surface area contributed by atoms with Gasteiger partial charge in [-0.25, -0.2) is 9.29 Å². The number of aryl methyl sites for hydroxylation is 2. The molecule has 0 atom stereocenters. The molecule has 0 unspecified atom stereocenters. The van der Waals surface area contributed by atoms with Crippen LogP contribution in [0.2, 0.25) is 0 Å². The first-order valence-electron chi connectivity index (χ1n) is 10.8. The van der Waals surface area contributed by atoms with Crippen molar-refractivity contribution in [2.75, 3.05) is 16.8 Å². The fourth-order valence-electron chi connectivity index (χ4n) is 3.84. The Kier molecular flexibility index (Phi) is 6.27. The molecule has 3 aromatic carbocycles. The minimum Gasteiger partial charge on any atom is -0.494 e. The highest BCUT2D eigenvalue weighted by atomic mass is 19.1. The van der Waals surface area contributed by atoms with Gasteiger partial charge in [0.1, 0.15) is 17.3 Å². The number of nitrogens with one attached hydrogen (secondary N) is 1. The van der Waals surface area contributed by atoms with Gasteiger partial charge in [0.05, 0.1) is 17.9 Å². The number of halogens is 1. The van der Waals surface area contributed by atoms with Crippen molar-refractivity contribution in [1.82, 2.24) is 0 Å². The average Bonchev–Trinajstić information content (AvgIpc) is 3.03. The molecule has 0 fully saturated rings. The number of amides is 2. The zero-order valence-electron chi connectivity index (χ0n) is 18.8. The normalized spacial score (nSPS) is 13.6. The number of hydrogen-bond donors (Lipinski definition) is 1. The summed E-state index contributed by atoms with van der Waals surface area (Å²) in [7, 11) is 0. The number of carbonyl (C=O) groups is 2. The highest BCUT2D eigenvalue weighted by molar-refractivity contribution is 6.46. The molecule has 1 heterocycles. The van der Waals surface area contributed by atoms with Gasteiger partial charge in [0.15, 0.2) is 0 Å². The zero-order chi connectivity index (χ0) is 23.5. The first kappa shape index (κ1) is 22.3. The first-order chi connectivity index (χ1) is 15.9. The van der Waals surface area contributed by atoms with Crippen LogP contribution in [-0.4, -0.2) is 18.4 Å². The van der Waals surface area contributed by atoms with E-state index in [1.165, 1.54) is 24.3 Å². The number of nitrogens with zero attached hydrogens (tertiary/aromatic N) is 1. The van der Waals surface area contributed by atoms with Gasteiger partial charge in [-0.2, -0.15) is 0 Å². The van der Waals surface area contributed by atoms with Crippen LogP contribution < -0.4 is 15.0 Å². The van der Waals surface area contributed by atoms with Crippen LogP contribution in [0, 0.1) is 19.7 Å². The van der Waals surface area contributed by atoms with Crippen LogP contribution in [0.4, 0.5) is 15.8 Å². The standard InChI is InChI=1S/C27H25FN2O3/c1-4-14-33-22-7-5-6-20(16-22)29-25-24(23-13-8-17(2)15-18(23)3)26(31)30(27(25)32)21-11-9-19(28)10-12-21/h5-13,15-16,29H,4,14H2,1-3H3. The lowest BCUT2D eigenvalue weighted by atomic mass is 9.97. The lowest BCUT2D eigenvalue weighted by molar-refractivity contribution is -0.120. The molecule has 0 aliphatic carbocycles. The van der Waals surface area contributed by atoms with Crippen LogP contribution in [0.1, 0.15) is 30.0 Å². The Morgan fingerprint density at radius 1 is 0.939 bits per heavy atom. The van der Waals surface area contributed by atoms with Gasteiger partial charge in [0, 0.05) is 11.8 Å². The van der Waals surface area contributed by atoms with Crippen molar-refractivity contribution in [3.8, 4) is 5.75 Å². The third-order valence-corrected chi connectivity index (χ3v) is 5.40. The molecule has 3 aromatic rings. The molecule has 5 nitrogen and oxygen atoms in total. The lowest BCUT2D eigenvalue weighted by Crippen LogP contribution is -2.32. The molecule has 0 saturated carbocycles. The summed E-state index contributed by atoms with van der Waals surface area (Å²) in [5.74, 6) is -0.730. The Labute approximate surface area is 192 Å². The Balaban J connectivity index is 1.79. The zero-order valence-corrected chi connectivity index (χ0v) is 18.8. The van der Waals surface area contributed by atoms with Crippen LogP contribution in [0.5, 0.6) is 5.75 Å². The van der Waals surface area contributed by atoms with Crippen molar-refractivity contribution < 1.29 is 18.7 Å². The summed E-state index contributed by atoms with van der Waals surface area (Å²) in [6.07, 6.45) is 0.874. The van der Waals surface area contributed by atoms with Gasteiger partial charge in [-0.15, -0.1) is 0 Å². The summed E-state index contributed by atoms with van der Waals surface area (Å²) < 4.78 is 19.2. The van der Waals surface area contributed by atoms with Crippen LogP contribution in [0.25, 0.3) is 5.57 Å².